The molecule has 0 saturated heterocycles. The molecule has 1 aliphatic carbocycles. The first-order valence-electron chi connectivity index (χ1n) is 18.4. The van der Waals surface area contributed by atoms with Crippen LogP contribution >= 0.6 is 0 Å². The molecule has 1 unspecified atom stereocenters. The number of amides is 3. The van der Waals surface area contributed by atoms with Crippen molar-refractivity contribution < 1.29 is 51.8 Å². The van der Waals surface area contributed by atoms with Gasteiger partial charge in [0, 0.05) is 47.0 Å². The molecule has 0 aliphatic heterocycles. The van der Waals surface area contributed by atoms with Gasteiger partial charge in [0.15, 0.2) is 23.8 Å². The molecule has 1 saturated carbocycles. The van der Waals surface area contributed by atoms with E-state index in [-0.39, 0.29) is 62.6 Å². The number of pyridine rings is 1. The number of nitrogens with two attached hydrogens (primary N) is 1. The molecule has 5 rings (SSSR count). The highest BCUT2D eigenvalue weighted by Gasteiger charge is 2.27. The van der Waals surface area contributed by atoms with Crippen molar-refractivity contribution in [3.8, 4) is 16.9 Å². The van der Waals surface area contributed by atoms with Gasteiger partial charge in [-0.25, -0.2) is 19.4 Å². The van der Waals surface area contributed by atoms with Gasteiger partial charge < -0.3 is 44.1 Å². The van der Waals surface area contributed by atoms with Crippen LogP contribution in [0, 0.1) is 24.2 Å². The van der Waals surface area contributed by atoms with Crippen LogP contribution in [-0.4, -0.2) is 66.7 Å². The SMILES string of the molecule is C=Cc1cc(C(=O)Nc2ccc(C(=N)NC(=O)OC(C)OC(=O)[C@@H](N)C(C)C)cc2)c(-c2ccc(C(=O)NCC3CC3)nc2C(=O)OCc2oc(=O)oc2C)cc1OC. The number of carbonyl (C=O) groups excluding carboxylic acids is 5. The molecule has 0 radical (unpaired) electrons. The van der Waals surface area contributed by atoms with Gasteiger partial charge in [0.25, 0.3) is 11.8 Å². The molecule has 18 nitrogen and oxygen atoms in total. The highest BCUT2D eigenvalue weighted by Crippen LogP contribution is 2.35. The second-order valence-electron chi connectivity index (χ2n) is 13.8. The van der Waals surface area contributed by atoms with Crippen LogP contribution in [-0.2, 0) is 25.6 Å². The first-order chi connectivity index (χ1) is 28.1. The number of nitrogens with zero attached hydrogens (tertiary/aromatic N) is 1. The summed E-state index contributed by atoms with van der Waals surface area (Å²) in [6, 6.07) is 10.9. The lowest BCUT2D eigenvalue weighted by Crippen LogP contribution is -2.40. The topological polar surface area (TPSA) is 264 Å². The minimum absolute atomic E-state index is 0.0304. The molecular weight excluding hydrogens is 768 g/mol. The van der Waals surface area contributed by atoms with Crippen molar-refractivity contribution >= 4 is 47.4 Å². The Morgan fingerprint density at radius 2 is 1.71 bits per heavy atom. The van der Waals surface area contributed by atoms with Crippen LogP contribution in [0.5, 0.6) is 5.75 Å². The summed E-state index contributed by atoms with van der Waals surface area (Å²) in [5.74, 6) is -3.67. The third-order valence-electron chi connectivity index (χ3n) is 9.07. The van der Waals surface area contributed by atoms with Crippen molar-refractivity contribution in [2.24, 2.45) is 17.6 Å². The van der Waals surface area contributed by atoms with Crippen molar-refractivity contribution in [1.82, 2.24) is 15.6 Å². The number of amidine groups is 1. The summed E-state index contributed by atoms with van der Waals surface area (Å²) < 4.78 is 30.9. The number of hydrogen-bond acceptors (Lipinski definition) is 15. The first kappa shape index (κ1) is 43.1. The van der Waals surface area contributed by atoms with Gasteiger partial charge in [0.05, 0.1) is 7.11 Å². The number of aromatic nitrogens is 1. The molecule has 2 heterocycles. The Labute approximate surface area is 337 Å². The summed E-state index contributed by atoms with van der Waals surface area (Å²) >= 11 is 0. The molecule has 2 aromatic carbocycles. The van der Waals surface area contributed by atoms with Gasteiger partial charge in [-0.1, -0.05) is 26.5 Å². The number of methoxy groups -OCH3 is 1. The van der Waals surface area contributed by atoms with Gasteiger partial charge in [0.1, 0.15) is 23.3 Å². The minimum Gasteiger partial charge on any atom is -0.496 e. The second-order valence-corrected chi connectivity index (χ2v) is 13.8. The van der Waals surface area contributed by atoms with E-state index in [2.05, 4.69) is 27.5 Å². The van der Waals surface area contributed by atoms with Gasteiger partial charge in [-0.3, -0.25) is 25.1 Å². The van der Waals surface area contributed by atoms with Crippen LogP contribution in [0.3, 0.4) is 0 Å². The Hall–Kier alpha value is -7.08. The maximum Gasteiger partial charge on any atom is 0.519 e. The van der Waals surface area contributed by atoms with Crippen LogP contribution in [0.15, 0.2) is 68.7 Å². The summed E-state index contributed by atoms with van der Waals surface area (Å²) in [6.07, 6.45) is 1.15. The smallest absolute Gasteiger partial charge is 0.496 e. The molecule has 310 valence electrons. The number of nitrogens with one attached hydrogen (secondary N) is 4. The van der Waals surface area contributed by atoms with E-state index in [0.29, 0.717) is 23.8 Å². The lowest BCUT2D eigenvalue weighted by molar-refractivity contribution is -0.167. The number of alkyl carbamates (subject to hydrolysis) is 1. The zero-order valence-corrected chi connectivity index (χ0v) is 33.0. The van der Waals surface area contributed by atoms with E-state index in [9.17, 15) is 28.8 Å². The average Bonchev–Trinajstić information content (AvgIpc) is 3.98. The van der Waals surface area contributed by atoms with E-state index in [0.717, 1.165) is 12.8 Å². The summed E-state index contributed by atoms with van der Waals surface area (Å²) in [5, 5.41) is 16.2. The van der Waals surface area contributed by atoms with Crippen molar-refractivity contribution in [1.29, 1.82) is 5.41 Å². The van der Waals surface area contributed by atoms with E-state index < -0.39 is 54.6 Å². The van der Waals surface area contributed by atoms with Crippen molar-refractivity contribution in [2.45, 2.75) is 59.5 Å². The predicted octanol–water partition coefficient (Wildman–Crippen LogP) is 4.93. The fourth-order valence-electron chi connectivity index (χ4n) is 5.47. The summed E-state index contributed by atoms with van der Waals surface area (Å²) in [6.45, 7) is 10.0. The molecule has 6 N–H and O–H groups in total. The van der Waals surface area contributed by atoms with Gasteiger partial charge in [-0.15, -0.1) is 0 Å². The van der Waals surface area contributed by atoms with Crippen molar-refractivity contribution in [3.05, 3.63) is 105 Å². The quantitative estimate of drug-likeness (QED) is 0.0435. The highest BCUT2D eigenvalue weighted by molar-refractivity contribution is 6.11. The van der Waals surface area contributed by atoms with Crippen molar-refractivity contribution in [3.63, 3.8) is 0 Å². The highest BCUT2D eigenvalue weighted by atomic mass is 16.7. The monoisotopic (exact) mass is 812 g/mol. The van der Waals surface area contributed by atoms with Crippen molar-refractivity contribution in [2.75, 3.05) is 19.0 Å². The van der Waals surface area contributed by atoms with Crippen LogP contribution in [0.4, 0.5) is 10.5 Å². The molecule has 59 heavy (non-hydrogen) atoms. The third-order valence-corrected chi connectivity index (χ3v) is 9.07. The first-order valence-corrected chi connectivity index (χ1v) is 18.4. The number of aryl methyl sites for hydroxylation is 1. The molecular formula is C41H44N6O12. The average molecular weight is 813 g/mol. The zero-order chi connectivity index (χ0) is 43.0. The zero-order valence-electron chi connectivity index (χ0n) is 33.0. The summed E-state index contributed by atoms with van der Waals surface area (Å²) in [5.41, 5.74) is 6.65. The number of esters is 2. The number of hydrogen-bond donors (Lipinski definition) is 5. The normalized spacial score (nSPS) is 13.1. The van der Waals surface area contributed by atoms with Gasteiger partial charge >= 0.3 is 23.9 Å². The molecule has 18 heteroatoms. The van der Waals surface area contributed by atoms with Crippen LogP contribution in [0.1, 0.15) is 87.6 Å². The Bertz CT molecular complexity index is 2330. The van der Waals surface area contributed by atoms with E-state index in [1.807, 2.05) is 0 Å². The summed E-state index contributed by atoms with van der Waals surface area (Å²) in [4.78, 5) is 81.3. The largest absolute Gasteiger partial charge is 0.519 e. The Kier molecular flexibility index (Phi) is 13.8. The lowest BCUT2D eigenvalue weighted by atomic mass is 9.94. The molecule has 1 aliphatic rings. The Morgan fingerprint density at radius 3 is 2.32 bits per heavy atom. The fourth-order valence-corrected chi connectivity index (χ4v) is 5.47. The molecule has 0 spiro atoms. The maximum atomic E-state index is 14.1. The Balaban J connectivity index is 1.39. The van der Waals surface area contributed by atoms with E-state index in [1.54, 1.807) is 13.8 Å². The van der Waals surface area contributed by atoms with Crippen LogP contribution in [0.2, 0.25) is 0 Å². The number of rotatable bonds is 16. The molecule has 1 fully saturated rings. The third kappa shape index (κ3) is 11.1. The molecule has 2 aromatic heterocycles. The Morgan fingerprint density at radius 1 is 1.00 bits per heavy atom. The number of anilines is 1. The minimum atomic E-state index is -1.27. The van der Waals surface area contributed by atoms with Gasteiger partial charge in [0.2, 0.25) is 6.29 Å². The molecule has 2 atom stereocenters. The van der Waals surface area contributed by atoms with E-state index in [1.165, 1.54) is 75.6 Å². The maximum absolute atomic E-state index is 14.1. The van der Waals surface area contributed by atoms with Crippen LogP contribution < -0.4 is 32.2 Å². The fraction of sp³-hybridized carbons (Fsp3) is 0.317. The predicted molar refractivity (Wildman–Crippen MR) is 212 cm³/mol. The number of ether oxygens (including phenoxy) is 4. The number of benzene rings is 2. The lowest BCUT2D eigenvalue weighted by Gasteiger charge is -2.19. The standard InChI is InChI=1S/C41H44N6O12/c1-7-24-16-29(36(48)45-26-12-10-25(11-13-26)35(43)47-40(52)58-22(5)57-38(50)33(42)20(2)3)28(17-31(24)54-6)27-14-15-30(37(49)44-18-23-8-9-23)46-34(27)39(51)55-19-32-21(4)56-41(53)59-32/h7,10-17,20,22-23,33H,1,8-9,18-19,42H2,2-6H3,(H,44,49)(H,45,48)(H2,43,47,52)/t22?,33-/m0/s1. The second kappa shape index (κ2) is 18.9. The van der Waals surface area contributed by atoms with Gasteiger partial charge in [-0.2, -0.15) is 0 Å². The number of carbonyl (C=O) groups is 5. The van der Waals surface area contributed by atoms with Crippen LogP contribution in [0.25, 0.3) is 17.2 Å². The molecule has 4 aromatic rings. The van der Waals surface area contributed by atoms with Gasteiger partial charge in [-0.05, 0) is 80.1 Å². The van der Waals surface area contributed by atoms with E-state index in [4.69, 9.17) is 38.9 Å². The summed E-state index contributed by atoms with van der Waals surface area (Å²) in [7, 11) is 1.42. The van der Waals surface area contributed by atoms with E-state index >= 15 is 0 Å². The molecule has 0 bridgehead atoms. The molecule has 3 amide bonds.